The number of nitrogens with zero attached hydrogens (tertiary/aromatic N) is 1. The van der Waals surface area contributed by atoms with Crippen LogP contribution in [0, 0.1) is 0 Å². The van der Waals surface area contributed by atoms with Crippen LogP contribution in [-0.2, 0) is 0 Å². The summed E-state index contributed by atoms with van der Waals surface area (Å²) in [5.74, 6) is 0. The Labute approximate surface area is 322 Å². The third-order valence-electron chi connectivity index (χ3n) is 10.9. The van der Waals surface area contributed by atoms with E-state index in [-0.39, 0.29) is 0 Å². The molecule has 3 heteroatoms. The zero-order valence-electron chi connectivity index (χ0n) is 29.8. The number of para-hydroxylation sites is 1. The summed E-state index contributed by atoms with van der Waals surface area (Å²) < 4.78 is 9.09. The average Bonchev–Trinajstić information content (AvgIpc) is 3.82. The van der Waals surface area contributed by atoms with Crippen LogP contribution in [0.5, 0.6) is 0 Å². The Bertz CT molecular complexity index is 3190. The Balaban J connectivity index is 1.00. The number of rotatable bonds is 6. The van der Waals surface area contributed by atoms with Gasteiger partial charge in [-0.3, -0.25) is 0 Å². The number of thiophene rings is 1. The molecule has 0 fully saturated rings. The summed E-state index contributed by atoms with van der Waals surface area (Å²) in [6.07, 6.45) is 0. The second-order valence-electron chi connectivity index (χ2n) is 14.1. The van der Waals surface area contributed by atoms with Crippen LogP contribution in [0.15, 0.2) is 205 Å². The van der Waals surface area contributed by atoms with E-state index in [4.69, 9.17) is 4.42 Å². The van der Waals surface area contributed by atoms with E-state index in [1.54, 1.807) is 0 Å². The molecular weight excluding hydrogens is 687 g/mol. The maximum Gasteiger partial charge on any atom is 0.143 e. The fourth-order valence-corrected chi connectivity index (χ4v) is 9.28. The Kier molecular flexibility index (Phi) is 7.39. The lowest BCUT2D eigenvalue weighted by Crippen LogP contribution is -2.09. The van der Waals surface area contributed by atoms with Crippen molar-refractivity contribution in [2.45, 2.75) is 0 Å². The fourth-order valence-electron chi connectivity index (χ4n) is 8.19. The first-order chi connectivity index (χ1) is 27.2. The van der Waals surface area contributed by atoms with E-state index < -0.39 is 0 Å². The number of hydrogen-bond acceptors (Lipinski definition) is 3. The summed E-state index contributed by atoms with van der Waals surface area (Å²) in [6, 6.07) is 72.2. The zero-order valence-corrected chi connectivity index (χ0v) is 30.6. The molecule has 2 aromatic heterocycles. The van der Waals surface area contributed by atoms with E-state index in [0.29, 0.717) is 0 Å². The number of anilines is 3. The van der Waals surface area contributed by atoms with E-state index in [1.165, 1.54) is 42.1 Å². The van der Waals surface area contributed by atoms with E-state index in [2.05, 4.69) is 199 Å². The maximum absolute atomic E-state index is 6.48. The first-order valence-electron chi connectivity index (χ1n) is 18.7. The summed E-state index contributed by atoms with van der Waals surface area (Å²) in [6.45, 7) is 0. The third-order valence-corrected chi connectivity index (χ3v) is 12.0. The summed E-state index contributed by atoms with van der Waals surface area (Å²) in [4.78, 5) is 2.38. The van der Waals surface area contributed by atoms with Crippen LogP contribution in [0.4, 0.5) is 17.1 Å². The van der Waals surface area contributed by atoms with Crippen molar-refractivity contribution < 1.29 is 4.42 Å². The molecule has 0 aliphatic rings. The number of furan rings is 1. The highest BCUT2D eigenvalue weighted by atomic mass is 32.1. The minimum atomic E-state index is 0.896. The van der Waals surface area contributed by atoms with E-state index in [0.717, 1.165) is 61.3 Å². The number of fused-ring (bicyclic) bond motifs is 7. The van der Waals surface area contributed by atoms with Gasteiger partial charge in [0.25, 0.3) is 0 Å². The lowest BCUT2D eigenvalue weighted by atomic mass is 9.98. The zero-order chi connectivity index (χ0) is 36.3. The van der Waals surface area contributed by atoms with Crippen molar-refractivity contribution in [3.8, 4) is 33.4 Å². The predicted molar refractivity (Wildman–Crippen MR) is 235 cm³/mol. The van der Waals surface area contributed by atoms with Crippen LogP contribution in [0.3, 0.4) is 0 Å². The lowest BCUT2D eigenvalue weighted by Gasteiger charge is -2.26. The monoisotopic (exact) mass is 719 g/mol. The van der Waals surface area contributed by atoms with Crippen LogP contribution in [0.2, 0.25) is 0 Å². The molecule has 0 N–H and O–H groups in total. The molecule has 2 heterocycles. The topological polar surface area (TPSA) is 16.4 Å². The predicted octanol–water partition coefficient (Wildman–Crippen LogP) is 15.6. The van der Waals surface area contributed by atoms with Crippen molar-refractivity contribution in [3.05, 3.63) is 200 Å². The molecule has 258 valence electrons. The SMILES string of the molecule is c1ccc(-c2cccc3c2oc2ccc(-c4ccc(N(c5ccc(-c6cccc7ccccc67)cc5)c5ccc6sc7ccccc7c6c5)cc4)cc23)cc1. The van der Waals surface area contributed by atoms with Crippen molar-refractivity contribution in [2.75, 3.05) is 4.90 Å². The second kappa shape index (κ2) is 12.9. The molecule has 0 aliphatic heterocycles. The molecule has 9 aromatic carbocycles. The van der Waals surface area contributed by atoms with Crippen molar-refractivity contribution in [1.29, 1.82) is 0 Å². The van der Waals surface area contributed by atoms with Crippen LogP contribution in [0.25, 0.3) is 86.3 Å². The molecule has 0 aliphatic carbocycles. The Hall–Kier alpha value is -6.94. The van der Waals surface area contributed by atoms with Gasteiger partial charge in [0.15, 0.2) is 0 Å². The smallest absolute Gasteiger partial charge is 0.143 e. The highest BCUT2D eigenvalue weighted by molar-refractivity contribution is 7.25. The first-order valence-corrected chi connectivity index (χ1v) is 19.5. The normalized spacial score (nSPS) is 11.6. The number of hydrogen-bond donors (Lipinski definition) is 0. The van der Waals surface area contributed by atoms with Gasteiger partial charge in [-0.05, 0) is 99.3 Å². The van der Waals surface area contributed by atoms with Gasteiger partial charge in [0.2, 0.25) is 0 Å². The molecule has 55 heavy (non-hydrogen) atoms. The van der Waals surface area contributed by atoms with Crippen molar-refractivity contribution in [2.24, 2.45) is 0 Å². The van der Waals surface area contributed by atoms with E-state index >= 15 is 0 Å². The van der Waals surface area contributed by atoms with Gasteiger partial charge in [-0.1, -0.05) is 140 Å². The van der Waals surface area contributed by atoms with Gasteiger partial charge in [0.05, 0.1) is 0 Å². The molecule has 0 saturated heterocycles. The molecule has 0 saturated carbocycles. The highest BCUT2D eigenvalue weighted by Crippen LogP contribution is 2.43. The van der Waals surface area contributed by atoms with Crippen molar-refractivity contribution in [1.82, 2.24) is 0 Å². The molecule has 0 amide bonds. The summed E-state index contributed by atoms with van der Waals surface area (Å²) in [7, 11) is 0. The van der Waals surface area contributed by atoms with Gasteiger partial charge in [-0.15, -0.1) is 11.3 Å². The average molecular weight is 720 g/mol. The van der Waals surface area contributed by atoms with Crippen LogP contribution < -0.4 is 4.90 Å². The molecule has 0 bridgehead atoms. The molecule has 11 aromatic rings. The highest BCUT2D eigenvalue weighted by Gasteiger charge is 2.17. The van der Waals surface area contributed by atoms with E-state index in [9.17, 15) is 0 Å². The Morgan fingerprint density at radius 3 is 1.78 bits per heavy atom. The van der Waals surface area contributed by atoms with Crippen LogP contribution in [0.1, 0.15) is 0 Å². The molecule has 0 atom stereocenters. The summed E-state index contributed by atoms with van der Waals surface area (Å²) in [5, 5.41) is 7.34. The van der Waals surface area contributed by atoms with Gasteiger partial charge >= 0.3 is 0 Å². The minimum absolute atomic E-state index is 0.896. The third kappa shape index (κ3) is 5.40. The summed E-state index contributed by atoms with van der Waals surface area (Å²) >= 11 is 1.85. The molecule has 0 radical (unpaired) electrons. The number of benzene rings is 9. The van der Waals surface area contributed by atoms with Crippen LogP contribution in [-0.4, -0.2) is 0 Å². The quantitative estimate of drug-likeness (QED) is 0.170. The minimum Gasteiger partial charge on any atom is -0.455 e. The molecule has 11 rings (SSSR count). The molecule has 0 spiro atoms. The fraction of sp³-hybridized carbons (Fsp3) is 0. The summed E-state index contributed by atoms with van der Waals surface area (Å²) in [5.41, 5.74) is 12.2. The van der Waals surface area contributed by atoms with Gasteiger partial charge in [-0.2, -0.15) is 0 Å². The van der Waals surface area contributed by atoms with E-state index in [1.807, 2.05) is 17.4 Å². The lowest BCUT2D eigenvalue weighted by molar-refractivity contribution is 0.670. The van der Waals surface area contributed by atoms with Crippen LogP contribution >= 0.6 is 11.3 Å². The molecular formula is C52H33NOS. The Morgan fingerprint density at radius 1 is 0.345 bits per heavy atom. The van der Waals surface area contributed by atoms with Crippen molar-refractivity contribution in [3.63, 3.8) is 0 Å². The molecule has 0 unspecified atom stereocenters. The standard InChI is InChI=1S/C52H33NOS/c1-2-10-36(11-3-1)44-17-9-18-46-47-32-38(24-30-49(47)54-52(44)46)34-20-25-39(26-21-34)53(41-29-31-51-48(33-41)45-15-6-7-19-50(45)55-51)40-27-22-37(23-28-40)43-16-8-13-35-12-4-5-14-42(35)43/h1-33H. The first kappa shape index (κ1) is 31.6. The Morgan fingerprint density at radius 2 is 0.945 bits per heavy atom. The van der Waals surface area contributed by atoms with Gasteiger partial charge in [0.1, 0.15) is 11.2 Å². The maximum atomic E-state index is 6.48. The largest absolute Gasteiger partial charge is 0.455 e. The van der Waals surface area contributed by atoms with Crippen molar-refractivity contribution >= 4 is 81.3 Å². The van der Waals surface area contributed by atoms with Gasteiger partial charge in [-0.25, -0.2) is 0 Å². The van der Waals surface area contributed by atoms with Gasteiger partial charge in [0, 0.05) is 53.6 Å². The second-order valence-corrected chi connectivity index (χ2v) is 15.2. The van der Waals surface area contributed by atoms with Gasteiger partial charge < -0.3 is 9.32 Å². The molecule has 2 nitrogen and oxygen atoms in total.